The zero-order valence-corrected chi connectivity index (χ0v) is 17.6. The molecular weight excluding hydrogens is 394 g/mol. The molecule has 0 fully saturated rings. The number of carbonyl (C=O) groups excluding carboxylic acids is 3. The number of fused-ring (bicyclic) bond motifs is 1. The maximum Gasteiger partial charge on any atom is 0.255 e. The summed E-state index contributed by atoms with van der Waals surface area (Å²) in [6.07, 6.45) is 4.72. The Balaban J connectivity index is 2.20. The quantitative estimate of drug-likeness (QED) is 0.649. The Morgan fingerprint density at radius 1 is 1.28 bits per heavy atom. The number of hydrogen-bond acceptors (Lipinski definition) is 4. The molecule has 1 aliphatic rings. The van der Waals surface area contributed by atoms with Crippen molar-refractivity contribution in [2.24, 2.45) is 0 Å². The highest BCUT2D eigenvalue weighted by Crippen LogP contribution is 2.23. The van der Waals surface area contributed by atoms with Gasteiger partial charge in [0.1, 0.15) is 11.8 Å². The van der Waals surface area contributed by atoms with Crippen LogP contribution in [0.3, 0.4) is 0 Å². The third-order valence-corrected chi connectivity index (χ3v) is 4.93. The van der Waals surface area contributed by atoms with Gasteiger partial charge in [0, 0.05) is 24.5 Å². The zero-order chi connectivity index (χ0) is 21.1. The van der Waals surface area contributed by atoms with E-state index < -0.39 is 11.9 Å². The van der Waals surface area contributed by atoms with Crippen molar-refractivity contribution in [3.8, 4) is 5.75 Å². The van der Waals surface area contributed by atoms with Crippen LogP contribution in [-0.2, 0) is 9.59 Å². The average Bonchev–Trinajstić information content (AvgIpc) is 2.70. The summed E-state index contributed by atoms with van der Waals surface area (Å²) < 4.78 is 5.78. The Labute approximate surface area is 176 Å². The van der Waals surface area contributed by atoms with Gasteiger partial charge in [0.05, 0.1) is 12.2 Å². The maximum atomic E-state index is 12.9. The van der Waals surface area contributed by atoms with E-state index in [-0.39, 0.29) is 30.2 Å². The number of rotatable bonds is 4. The summed E-state index contributed by atoms with van der Waals surface area (Å²) in [5, 5.41) is 8.84. The first-order valence-electron chi connectivity index (χ1n) is 10.3. The molecule has 0 saturated heterocycles. The van der Waals surface area contributed by atoms with Gasteiger partial charge < -0.3 is 20.7 Å². The molecule has 7 nitrogen and oxygen atoms in total. The Morgan fingerprint density at radius 2 is 2.10 bits per heavy atom. The Kier molecular flexibility index (Phi) is 9.77. The van der Waals surface area contributed by atoms with Crippen molar-refractivity contribution in [1.29, 1.82) is 0 Å². The van der Waals surface area contributed by atoms with Gasteiger partial charge in [0.15, 0.2) is 0 Å². The molecule has 0 aliphatic carbocycles. The van der Waals surface area contributed by atoms with Crippen LogP contribution in [0.25, 0.3) is 0 Å². The second kappa shape index (κ2) is 12.3. The third kappa shape index (κ3) is 7.93. The van der Waals surface area contributed by atoms with Crippen LogP contribution in [0.1, 0.15) is 62.2 Å². The predicted molar refractivity (Wildman–Crippen MR) is 112 cm³/mol. The molecule has 0 saturated carbocycles. The van der Waals surface area contributed by atoms with Gasteiger partial charge in [-0.25, -0.2) is 0 Å². The summed E-state index contributed by atoms with van der Waals surface area (Å²) in [4.78, 5) is 37.6. The molecule has 0 bridgehead atoms. The molecule has 1 aliphatic heterocycles. The minimum absolute atomic E-state index is 0.125. The van der Waals surface area contributed by atoms with Crippen molar-refractivity contribution in [3.63, 3.8) is 0 Å². The first-order valence-corrected chi connectivity index (χ1v) is 10.7. The van der Waals surface area contributed by atoms with Gasteiger partial charge in [-0.2, -0.15) is 0 Å². The normalized spacial score (nSPS) is 18.9. The van der Waals surface area contributed by atoms with E-state index in [2.05, 4.69) is 16.0 Å². The van der Waals surface area contributed by atoms with Gasteiger partial charge in [-0.1, -0.05) is 24.9 Å². The van der Waals surface area contributed by atoms with Crippen molar-refractivity contribution in [2.75, 3.05) is 19.7 Å². The Bertz CT molecular complexity index is 711. The Hall–Kier alpha value is -2.28. The molecule has 3 amide bonds. The van der Waals surface area contributed by atoms with Gasteiger partial charge in [-0.3, -0.25) is 14.4 Å². The number of hydrogen-bond donors (Lipinski definition) is 3. The number of ether oxygens (including phenoxy) is 1. The second-order valence-corrected chi connectivity index (χ2v) is 7.55. The minimum Gasteiger partial charge on any atom is -0.493 e. The number of unbranched alkanes of at least 4 members (excludes halogenated alkanes) is 1. The second-order valence-electron chi connectivity index (χ2n) is 7.11. The molecule has 1 aromatic rings. The van der Waals surface area contributed by atoms with Crippen LogP contribution in [0, 0.1) is 0 Å². The van der Waals surface area contributed by atoms with E-state index in [4.69, 9.17) is 16.3 Å². The molecule has 1 heterocycles. The van der Waals surface area contributed by atoms with Crippen LogP contribution >= 0.6 is 11.6 Å². The molecule has 0 radical (unpaired) electrons. The van der Waals surface area contributed by atoms with E-state index >= 15 is 0 Å². The molecule has 0 unspecified atom stereocenters. The zero-order valence-electron chi connectivity index (χ0n) is 16.9. The topological polar surface area (TPSA) is 96.5 Å². The average molecular weight is 424 g/mol. The summed E-state index contributed by atoms with van der Waals surface area (Å²) in [7, 11) is 0. The number of carbonyl (C=O) groups is 3. The summed E-state index contributed by atoms with van der Waals surface area (Å²) in [5.74, 6) is -0.442. The van der Waals surface area contributed by atoms with Crippen molar-refractivity contribution in [2.45, 2.75) is 57.9 Å². The Morgan fingerprint density at radius 3 is 2.90 bits per heavy atom. The lowest BCUT2D eigenvalue weighted by atomic mass is 10.1. The van der Waals surface area contributed by atoms with Crippen molar-refractivity contribution >= 4 is 29.3 Å². The molecule has 0 aromatic heterocycles. The lowest BCUT2D eigenvalue weighted by Crippen LogP contribution is -2.47. The van der Waals surface area contributed by atoms with Gasteiger partial charge >= 0.3 is 0 Å². The highest BCUT2D eigenvalue weighted by atomic mass is 35.5. The van der Waals surface area contributed by atoms with E-state index in [9.17, 15) is 14.4 Å². The predicted octanol–water partition coefficient (Wildman–Crippen LogP) is 2.81. The van der Waals surface area contributed by atoms with Crippen molar-refractivity contribution in [1.82, 2.24) is 16.0 Å². The molecule has 160 valence electrons. The lowest BCUT2D eigenvalue weighted by Gasteiger charge is -2.19. The fourth-order valence-electron chi connectivity index (χ4n) is 3.00. The van der Waals surface area contributed by atoms with E-state index in [0.29, 0.717) is 30.5 Å². The summed E-state index contributed by atoms with van der Waals surface area (Å²) in [6.45, 7) is 3.60. The van der Waals surface area contributed by atoms with Gasteiger partial charge in [0.2, 0.25) is 11.8 Å². The minimum atomic E-state index is -0.818. The van der Waals surface area contributed by atoms with Gasteiger partial charge in [0.25, 0.3) is 5.91 Å². The maximum absolute atomic E-state index is 12.9. The first-order chi connectivity index (χ1) is 14.0. The SMILES string of the molecule is CCCCNC(=O)[C@@H]1CCC(=O)NCCCCCOc2ccc(Cl)cc2C(=O)N1. The number of benzene rings is 1. The van der Waals surface area contributed by atoms with E-state index in [0.717, 1.165) is 32.1 Å². The van der Waals surface area contributed by atoms with Crippen LogP contribution in [0.2, 0.25) is 5.02 Å². The molecule has 2 rings (SSSR count). The monoisotopic (exact) mass is 423 g/mol. The molecule has 0 spiro atoms. The third-order valence-electron chi connectivity index (χ3n) is 4.70. The summed E-state index contributed by atoms with van der Waals surface area (Å²) in [6, 6.07) is 4.04. The molecule has 1 aromatic carbocycles. The van der Waals surface area contributed by atoms with E-state index in [1.807, 2.05) is 6.92 Å². The van der Waals surface area contributed by atoms with Crippen LogP contribution in [0.4, 0.5) is 0 Å². The van der Waals surface area contributed by atoms with Crippen LogP contribution < -0.4 is 20.7 Å². The first kappa shape index (κ1) is 23.0. The molecule has 1 atom stereocenters. The smallest absolute Gasteiger partial charge is 0.255 e. The fourth-order valence-corrected chi connectivity index (χ4v) is 3.17. The van der Waals surface area contributed by atoms with Gasteiger partial charge in [-0.05, 0) is 50.3 Å². The molecule has 29 heavy (non-hydrogen) atoms. The number of amides is 3. The molecule has 3 N–H and O–H groups in total. The van der Waals surface area contributed by atoms with E-state index in [1.54, 1.807) is 12.1 Å². The highest BCUT2D eigenvalue weighted by Gasteiger charge is 2.24. The summed E-state index contributed by atoms with van der Waals surface area (Å²) in [5.41, 5.74) is 0.281. The standard InChI is InChI=1S/C21H30ClN3O4/c1-2-3-11-24-21(28)17-8-10-19(26)23-12-5-4-6-13-29-18-9-7-15(22)14-16(18)20(27)25-17/h7,9,14,17H,2-6,8,10-13H2,1H3,(H,23,26)(H,24,28)(H,25,27)/t17-/m0/s1. The lowest BCUT2D eigenvalue weighted by molar-refractivity contribution is -0.124. The van der Waals surface area contributed by atoms with Crippen LogP contribution in [-0.4, -0.2) is 43.5 Å². The molecular formula is C21H30ClN3O4. The van der Waals surface area contributed by atoms with Gasteiger partial charge in [-0.15, -0.1) is 0 Å². The number of nitrogens with one attached hydrogen (secondary N) is 3. The van der Waals surface area contributed by atoms with Crippen LogP contribution in [0.15, 0.2) is 18.2 Å². The fraction of sp³-hybridized carbons (Fsp3) is 0.571. The van der Waals surface area contributed by atoms with Crippen LogP contribution in [0.5, 0.6) is 5.75 Å². The van der Waals surface area contributed by atoms with Crippen molar-refractivity contribution < 1.29 is 19.1 Å². The highest BCUT2D eigenvalue weighted by molar-refractivity contribution is 6.31. The van der Waals surface area contributed by atoms with E-state index in [1.165, 1.54) is 6.07 Å². The van der Waals surface area contributed by atoms with Crippen molar-refractivity contribution in [3.05, 3.63) is 28.8 Å². The summed E-state index contributed by atoms with van der Waals surface area (Å²) >= 11 is 6.07. The molecule has 8 heteroatoms. The number of halogens is 1. The largest absolute Gasteiger partial charge is 0.493 e.